The number of rotatable bonds is 5. The number of hydrogen-bond donors (Lipinski definition) is 1. The van der Waals surface area contributed by atoms with Crippen molar-refractivity contribution in [3.63, 3.8) is 0 Å². The Kier molecular flexibility index (Phi) is 4.51. The first-order valence-electron chi connectivity index (χ1n) is 8.02. The third-order valence-electron chi connectivity index (χ3n) is 4.09. The van der Waals surface area contributed by atoms with E-state index in [1.807, 2.05) is 56.4 Å². The zero-order valence-corrected chi connectivity index (χ0v) is 13.6. The minimum absolute atomic E-state index is 0.0333. The summed E-state index contributed by atoms with van der Waals surface area (Å²) < 4.78 is 5.64. The van der Waals surface area contributed by atoms with E-state index < -0.39 is 0 Å². The minimum atomic E-state index is 0.0333. The van der Waals surface area contributed by atoms with Gasteiger partial charge in [-0.15, -0.1) is 0 Å². The molecule has 1 aliphatic rings. The Morgan fingerprint density at radius 1 is 1.26 bits per heavy atom. The Balaban J connectivity index is 1.75. The molecule has 0 spiro atoms. The molecular formula is C19H22N2O2. The monoisotopic (exact) mass is 310 g/mol. The van der Waals surface area contributed by atoms with Gasteiger partial charge in [-0.05, 0) is 43.2 Å². The molecule has 0 atom stereocenters. The SMILES string of the molecule is CCOc1ccccc1CN(C)C(=O)c1ccc2c(c1)CCN2. The van der Waals surface area contributed by atoms with Gasteiger partial charge < -0.3 is 15.0 Å². The summed E-state index contributed by atoms with van der Waals surface area (Å²) in [5.74, 6) is 0.874. The Morgan fingerprint density at radius 3 is 2.91 bits per heavy atom. The fraction of sp³-hybridized carbons (Fsp3) is 0.316. The lowest BCUT2D eigenvalue weighted by atomic mass is 10.1. The van der Waals surface area contributed by atoms with Gasteiger partial charge in [0.15, 0.2) is 0 Å². The van der Waals surface area contributed by atoms with Gasteiger partial charge in [0.05, 0.1) is 6.61 Å². The Hall–Kier alpha value is -2.49. The molecule has 2 aromatic rings. The molecular weight excluding hydrogens is 288 g/mol. The van der Waals surface area contributed by atoms with Crippen LogP contribution in [-0.2, 0) is 13.0 Å². The molecule has 23 heavy (non-hydrogen) atoms. The molecule has 0 aromatic heterocycles. The Morgan fingerprint density at radius 2 is 2.09 bits per heavy atom. The normalized spacial score (nSPS) is 12.4. The van der Waals surface area contributed by atoms with Gasteiger partial charge in [0.2, 0.25) is 0 Å². The summed E-state index contributed by atoms with van der Waals surface area (Å²) in [6, 6.07) is 13.8. The maximum absolute atomic E-state index is 12.7. The number of carbonyl (C=O) groups is 1. The molecule has 0 saturated heterocycles. The highest BCUT2D eigenvalue weighted by molar-refractivity contribution is 5.95. The molecule has 2 aromatic carbocycles. The van der Waals surface area contributed by atoms with Crippen molar-refractivity contribution in [1.82, 2.24) is 4.90 Å². The van der Waals surface area contributed by atoms with E-state index in [-0.39, 0.29) is 5.91 Å². The second-order valence-electron chi connectivity index (χ2n) is 5.75. The molecule has 1 aliphatic heterocycles. The van der Waals surface area contributed by atoms with Crippen molar-refractivity contribution in [3.05, 3.63) is 59.2 Å². The van der Waals surface area contributed by atoms with Gasteiger partial charge in [0.1, 0.15) is 5.75 Å². The highest BCUT2D eigenvalue weighted by Crippen LogP contribution is 2.24. The topological polar surface area (TPSA) is 41.6 Å². The second-order valence-corrected chi connectivity index (χ2v) is 5.75. The van der Waals surface area contributed by atoms with Crippen molar-refractivity contribution in [2.24, 2.45) is 0 Å². The van der Waals surface area contributed by atoms with E-state index in [1.54, 1.807) is 4.90 Å². The van der Waals surface area contributed by atoms with Gasteiger partial charge in [-0.25, -0.2) is 0 Å². The largest absolute Gasteiger partial charge is 0.494 e. The van der Waals surface area contributed by atoms with Gasteiger partial charge in [-0.1, -0.05) is 18.2 Å². The van der Waals surface area contributed by atoms with E-state index in [2.05, 4.69) is 5.32 Å². The second kappa shape index (κ2) is 6.73. The first-order valence-corrected chi connectivity index (χ1v) is 8.02. The number of nitrogens with zero attached hydrogens (tertiary/aromatic N) is 1. The van der Waals surface area contributed by atoms with Crippen LogP contribution in [0.15, 0.2) is 42.5 Å². The maximum atomic E-state index is 12.7. The number of fused-ring (bicyclic) bond motifs is 1. The number of ether oxygens (including phenoxy) is 1. The first-order chi connectivity index (χ1) is 11.2. The molecule has 4 heteroatoms. The first kappa shape index (κ1) is 15.4. The highest BCUT2D eigenvalue weighted by Gasteiger charge is 2.17. The zero-order chi connectivity index (χ0) is 16.2. The number of anilines is 1. The van der Waals surface area contributed by atoms with Crippen LogP contribution >= 0.6 is 0 Å². The fourth-order valence-corrected chi connectivity index (χ4v) is 2.92. The van der Waals surface area contributed by atoms with Crippen molar-refractivity contribution in [1.29, 1.82) is 0 Å². The smallest absolute Gasteiger partial charge is 0.253 e. The summed E-state index contributed by atoms with van der Waals surface area (Å²) in [5.41, 5.74) is 4.13. The van der Waals surface area contributed by atoms with Crippen LogP contribution in [-0.4, -0.2) is 31.0 Å². The number of carbonyl (C=O) groups excluding carboxylic acids is 1. The number of para-hydroxylation sites is 1. The summed E-state index contributed by atoms with van der Waals surface area (Å²) in [6.07, 6.45) is 0.980. The summed E-state index contributed by atoms with van der Waals surface area (Å²) in [4.78, 5) is 14.4. The summed E-state index contributed by atoms with van der Waals surface area (Å²) in [5, 5.41) is 3.32. The molecule has 0 aliphatic carbocycles. The van der Waals surface area contributed by atoms with Gasteiger partial charge in [-0.3, -0.25) is 4.79 Å². The standard InChI is InChI=1S/C19H22N2O2/c1-3-23-18-7-5-4-6-16(18)13-21(2)19(22)15-8-9-17-14(12-15)10-11-20-17/h4-9,12,20H,3,10-11,13H2,1-2H3. The quantitative estimate of drug-likeness (QED) is 0.921. The predicted molar refractivity (Wildman–Crippen MR) is 92.0 cm³/mol. The van der Waals surface area contributed by atoms with Gasteiger partial charge in [0.25, 0.3) is 5.91 Å². The molecule has 0 radical (unpaired) electrons. The van der Waals surface area contributed by atoms with Crippen molar-refractivity contribution in [2.75, 3.05) is 25.5 Å². The molecule has 0 bridgehead atoms. The third-order valence-corrected chi connectivity index (χ3v) is 4.09. The van der Waals surface area contributed by atoms with Crippen molar-refractivity contribution >= 4 is 11.6 Å². The average molecular weight is 310 g/mol. The Labute approximate surface area is 137 Å². The van der Waals surface area contributed by atoms with E-state index in [0.29, 0.717) is 13.2 Å². The van der Waals surface area contributed by atoms with Crippen LogP contribution in [0, 0.1) is 0 Å². The van der Waals surface area contributed by atoms with Gasteiger partial charge in [-0.2, -0.15) is 0 Å². The lowest BCUT2D eigenvalue weighted by Gasteiger charge is -2.19. The van der Waals surface area contributed by atoms with E-state index in [0.717, 1.165) is 35.5 Å². The highest BCUT2D eigenvalue weighted by atomic mass is 16.5. The van der Waals surface area contributed by atoms with E-state index in [4.69, 9.17) is 4.74 Å². The molecule has 1 N–H and O–H groups in total. The number of amides is 1. The van der Waals surface area contributed by atoms with Crippen molar-refractivity contribution in [2.45, 2.75) is 19.9 Å². The number of nitrogens with one attached hydrogen (secondary N) is 1. The van der Waals surface area contributed by atoms with Crippen LogP contribution in [0.25, 0.3) is 0 Å². The third kappa shape index (κ3) is 3.31. The number of hydrogen-bond acceptors (Lipinski definition) is 3. The molecule has 0 saturated carbocycles. The van der Waals surface area contributed by atoms with Crippen LogP contribution in [0.4, 0.5) is 5.69 Å². The van der Waals surface area contributed by atoms with Crippen LogP contribution in [0.5, 0.6) is 5.75 Å². The van der Waals surface area contributed by atoms with Crippen LogP contribution < -0.4 is 10.1 Å². The van der Waals surface area contributed by atoms with Crippen LogP contribution in [0.3, 0.4) is 0 Å². The molecule has 1 amide bonds. The fourth-order valence-electron chi connectivity index (χ4n) is 2.92. The molecule has 0 fully saturated rings. The zero-order valence-electron chi connectivity index (χ0n) is 13.6. The summed E-state index contributed by atoms with van der Waals surface area (Å²) in [7, 11) is 1.83. The van der Waals surface area contributed by atoms with Crippen LogP contribution in [0.2, 0.25) is 0 Å². The van der Waals surface area contributed by atoms with E-state index >= 15 is 0 Å². The molecule has 120 valence electrons. The lowest BCUT2D eigenvalue weighted by molar-refractivity contribution is 0.0784. The molecule has 0 unspecified atom stereocenters. The molecule has 4 nitrogen and oxygen atoms in total. The van der Waals surface area contributed by atoms with Crippen molar-refractivity contribution < 1.29 is 9.53 Å². The lowest BCUT2D eigenvalue weighted by Crippen LogP contribution is -2.26. The number of benzene rings is 2. The molecule has 3 rings (SSSR count). The Bertz CT molecular complexity index is 712. The van der Waals surface area contributed by atoms with Gasteiger partial charge in [0, 0.05) is 37.0 Å². The maximum Gasteiger partial charge on any atom is 0.253 e. The van der Waals surface area contributed by atoms with Gasteiger partial charge >= 0.3 is 0 Å². The van der Waals surface area contributed by atoms with E-state index in [1.165, 1.54) is 5.56 Å². The minimum Gasteiger partial charge on any atom is -0.494 e. The van der Waals surface area contributed by atoms with Crippen LogP contribution in [0.1, 0.15) is 28.4 Å². The average Bonchev–Trinajstić information content (AvgIpc) is 3.03. The summed E-state index contributed by atoms with van der Waals surface area (Å²) in [6.45, 7) is 4.06. The molecule has 1 heterocycles. The van der Waals surface area contributed by atoms with Crippen molar-refractivity contribution in [3.8, 4) is 5.75 Å². The van der Waals surface area contributed by atoms with E-state index in [9.17, 15) is 4.79 Å². The summed E-state index contributed by atoms with van der Waals surface area (Å²) >= 11 is 0. The predicted octanol–water partition coefficient (Wildman–Crippen LogP) is 3.33.